The van der Waals surface area contributed by atoms with Crippen LogP contribution in [0.2, 0.25) is 0 Å². The van der Waals surface area contributed by atoms with E-state index < -0.39 is 41.3 Å². The third-order valence-corrected chi connectivity index (χ3v) is 7.06. The van der Waals surface area contributed by atoms with E-state index in [2.05, 4.69) is 5.32 Å². The lowest BCUT2D eigenvalue weighted by molar-refractivity contribution is -0.151. The summed E-state index contributed by atoms with van der Waals surface area (Å²) in [5.41, 5.74) is 0.798. The summed E-state index contributed by atoms with van der Waals surface area (Å²) >= 11 is 1.59. The predicted molar refractivity (Wildman–Crippen MR) is 125 cm³/mol. The van der Waals surface area contributed by atoms with Crippen LogP contribution >= 0.6 is 11.8 Å². The third-order valence-electron chi connectivity index (χ3n) is 6.20. The number of allylic oxidation sites excluding steroid dienone is 3. The summed E-state index contributed by atoms with van der Waals surface area (Å²) in [5.74, 6) is -2.84. The van der Waals surface area contributed by atoms with Gasteiger partial charge in [0.1, 0.15) is 12.5 Å². The summed E-state index contributed by atoms with van der Waals surface area (Å²) in [6, 6.07) is 4.35. The summed E-state index contributed by atoms with van der Waals surface area (Å²) in [7, 11) is 1.19. The fraction of sp³-hybridized carbons (Fsp3) is 0.480. The molecule has 1 aliphatic heterocycles. The van der Waals surface area contributed by atoms with E-state index in [0.717, 1.165) is 17.9 Å². The van der Waals surface area contributed by atoms with Crippen LogP contribution in [0.5, 0.6) is 0 Å². The number of ketones is 1. The normalized spacial score (nSPS) is 22.5. The quantitative estimate of drug-likeness (QED) is 0.325. The monoisotopic (exact) mass is 511 g/mol. The number of hydrogen-bond acceptors (Lipinski definition) is 7. The first-order chi connectivity index (χ1) is 16.5. The van der Waals surface area contributed by atoms with Crippen molar-refractivity contribution < 1.29 is 37.0 Å². The second-order valence-corrected chi connectivity index (χ2v) is 9.88. The molecule has 0 amide bonds. The van der Waals surface area contributed by atoms with Crippen LogP contribution in [0.4, 0.5) is 13.2 Å². The number of alkyl halides is 3. The molecule has 6 nitrogen and oxygen atoms in total. The van der Waals surface area contributed by atoms with E-state index in [0.29, 0.717) is 29.1 Å². The molecule has 190 valence electrons. The number of hydrogen-bond donors (Lipinski definition) is 1. The number of esters is 2. The molecule has 1 N–H and O–H groups in total. The first-order valence-electron chi connectivity index (χ1n) is 11.3. The summed E-state index contributed by atoms with van der Waals surface area (Å²) in [4.78, 5) is 39.2. The van der Waals surface area contributed by atoms with Gasteiger partial charge >= 0.3 is 18.1 Å². The number of benzene rings is 1. The molecule has 0 unspecified atom stereocenters. The van der Waals surface area contributed by atoms with Crippen LogP contribution in [0.25, 0.3) is 0 Å². The van der Waals surface area contributed by atoms with Gasteiger partial charge in [0.25, 0.3) is 0 Å². The molecular weight excluding hydrogens is 483 g/mol. The molecule has 0 spiro atoms. The van der Waals surface area contributed by atoms with Crippen molar-refractivity contribution in [2.75, 3.05) is 25.2 Å². The molecule has 1 heterocycles. The maximum atomic E-state index is 13.6. The van der Waals surface area contributed by atoms with Gasteiger partial charge in [-0.1, -0.05) is 26.0 Å². The molecule has 0 aromatic heterocycles. The molecule has 0 fully saturated rings. The third kappa shape index (κ3) is 5.58. The lowest BCUT2D eigenvalue weighted by Gasteiger charge is -2.38. The lowest BCUT2D eigenvalue weighted by atomic mass is 9.69. The van der Waals surface area contributed by atoms with Crippen molar-refractivity contribution >= 4 is 29.5 Å². The van der Waals surface area contributed by atoms with Gasteiger partial charge in [0.05, 0.1) is 18.2 Å². The maximum Gasteiger partial charge on any atom is 0.416 e. The predicted octanol–water partition coefficient (Wildman–Crippen LogP) is 4.61. The van der Waals surface area contributed by atoms with Crippen molar-refractivity contribution in [3.05, 3.63) is 57.9 Å². The highest BCUT2D eigenvalue weighted by molar-refractivity contribution is 7.99. The molecule has 35 heavy (non-hydrogen) atoms. The number of nitrogens with one attached hydrogen (secondary N) is 1. The van der Waals surface area contributed by atoms with Crippen molar-refractivity contribution in [1.29, 1.82) is 0 Å². The molecule has 1 aliphatic carbocycles. The maximum absolute atomic E-state index is 13.6. The van der Waals surface area contributed by atoms with Gasteiger partial charge in [-0.25, -0.2) is 4.79 Å². The van der Waals surface area contributed by atoms with E-state index in [9.17, 15) is 27.6 Å². The Morgan fingerprint density at radius 1 is 1.20 bits per heavy atom. The van der Waals surface area contributed by atoms with Crippen molar-refractivity contribution in [2.45, 2.75) is 39.3 Å². The number of dihydropyridines is 1. The van der Waals surface area contributed by atoms with Crippen molar-refractivity contribution in [1.82, 2.24) is 5.32 Å². The number of ether oxygens (including phenoxy) is 2. The zero-order valence-corrected chi connectivity index (χ0v) is 20.8. The average molecular weight is 512 g/mol. The Labute approximate surface area is 206 Å². The Hall–Kier alpha value is -2.75. The molecule has 2 aliphatic rings. The summed E-state index contributed by atoms with van der Waals surface area (Å²) in [6.07, 6.45) is -4.20. The summed E-state index contributed by atoms with van der Waals surface area (Å²) in [5, 5.41) is 3.12. The van der Waals surface area contributed by atoms with E-state index in [1.165, 1.54) is 19.2 Å². The van der Waals surface area contributed by atoms with Gasteiger partial charge in [-0.05, 0) is 42.7 Å². The van der Waals surface area contributed by atoms with Crippen LogP contribution in [0, 0.1) is 11.8 Å². The highest BCUT2D eigenvalue weighted by Gasteiger charge is 2.47. The van der Waals surface area contributed by atoms with E-state index in [4.69, 9.17) is 9.47 Å². The van der Waals surface area contributed by atoms with Gasteiger partial charge in [0.2, 0.25) is 0 Å². The zero-order chi connectivity index (χ0) is 25.9. The second kappa shape index (κ2) is 10.9. The van der Waals surface area contributed by atoms with Crippen LogP contribution in [0.1, 0.15) is 44.2 Å². The molecular formula is C25H28F3NO5S. The topological polar surface area (TPSA) is 81.7 Å². The molecule has 3 rings (SSSR count). The minimum absolute atomic E-state index is 0.136. The minimum atomic E-state index is -4.53. The Morgan fingerprint density at radius 3 is 2.43 bits per heavy atom. The van der Waals surface area contributed by atoms with Crippen molar-refractivity contribution in [3.8, 4) is 0 Å². The van der Waals surface area contributed by atoms with E-state index >= 15 is 0 Å². The van der Waals surface area contributed by atoms with Gasteiger partial charge < -0.3 is 14.8 Å². The number of methoxy groups -OCH3 is 1. The summed E-state index contributed by atoms with van der Waals surface area (Å²) in [6.45, 7) is 5.55. The first-order valence-corrected chi connectivity index (χ1v) is 12.4. The second-order valence-electron chi connectivity index (χ2n) is 8.49. The van der Waals surface area contributed by atoms with Crippen LogP contribution < -0.4 is 5.32 Å². The van der Waals surface area contributed by atoms with E-state index in [-0.39, 0.29) is 23.7 Å². The van der Waals surface area contributed by atoms with Gasteiger partial charge in [0.15, 0.2) is 5.78 Å². The van der Waals surface area contributed by atoms with Gasteiger partial charge in [-0.2, -0.15) is 24.9 Å². The molecule has 0 bridgehead atoms. The van der Waals surface area contributed by atoms with Gasteiger partial charge in [0, 0.05) is 28.6 Å². The number of carbonyl (C=O) groups is 3. The fourth-order valence-corrected chi connectivity index (χ4v) is 5.05. The van der Waals surface area contributed by atoms with Crippen molar-refractivity contribution in [3.63, 3.8) is 0 Å². The number of rotatable bonds is 7. The molecule has 0 saturated carbocycles. The smallest absolute Gasteiger partial charge is 0.416 e. The summed E-state index contributed by atoms with van der Waals surface area (Å²) < 4.78 is 49.8. The standard InChI is InChI=1S/C25H28F3NO5S/c1-5-35-11-10-34-24(32)19-14(3)29-17-12-13(2)18(23(31)33-4)22(30)21(17)20(19)15-6-8-16(9-7-15)25(26,27)28/h6-9,13,18,20,29H,5,10-12H2,1-4H3/t13-,18-,20+/m0/s1. The number of halogens is 3. The van der Waals surface area contributed by atoms with Crippen LogP contribution in [-0.4, -0.2) is 42.9 Å². The van der Waals surface area contributed by atoms with Gasteiger partial charge in [-0.3, -0.25) is 9.59 Å². The highest BCUT2D eigenvalue weighted by Crippen LogP contribution is 2.46. The highest BCUT2D eigenvalue weighted by atomic mass is 32.2. The van der Waals surface area contributed by atoms with Crippen LogP contribution in [-0.2, 0) is 30.0 Å². The number of carbonyl (C=O) groups excluding carboxylic acids is 3. The molecule has 3 atom stereocenters. The first kappa shape index (κ1) is 26.8. The van der Waals surface area contributed by atoms with Crippen LogP contribution in [0.15, 0.2) is 46.8 Å². The molecule has 1 aromatic rings. The van der Waals surface area contributed by atoms with Gasteiger partial charge in [-0.15, -0.1) is 0 Å². The molecule has 0 radical (unpaired) electrons. The average Bonchev–Trinajstić information content (AvgIpc) is 2.80. The van der Waals surface area contributed by atoms with E-state index in [1.807, 2.05) is 6.92 Å². The molecule has 1 aromatic carbocycles. The van der Waals surface area contributed by atoms with E-state index in [1.54, 1.807) is 25.6 Å². The minimum Gasteiger partial charge on any atom is -0.468 e. The Kier molecular flexibility index (Phi) is 8.35. The molecule has 0 saturated heterocycles. The Morgan fingerprint density at radius 2 is 1.86 bits per heavy atom. The van der Waals surface area contributed by atoms with Crippen molar-refractivity contribution in [2.24, 2.45) is 11.8 Å². The zero-order valence-electron chi connectivity index (χ0n) is 20.0. The number of thioether (sulfide) groups is 1. The number of Topliss-reactive ketones (excluding diaryl/α,β-unsaturated/α-hetero) is 1. The Balaban J connectivity index is 2.09. The lowest BCUT2D eigenvalue weighted by Crippen LogP contribution is -2.43. The largest absolute Gasteiger partial charge is 0.468 e. The fourth-order valence-electron chi connectivity index (χ4n) is 4.56. The molecule has 10 heteroatoms. The van der Waals surface area contributed by atoms with Crippen LogP contribution in [0.3, 0.4) is 0 Å². The Bertz CT molecular complexity index is 1060. The SMILES string of the molecule is CCSCCOC(=O)C1=C(C)NC2=C(C(=O)[C@@H](C(=O)OC)[C@@H](C)C2)[C@@H]1c1ccc(C(F)(F)F)cc1.